The van der Waals surface area contributed by atoms with Crippen LogP contribution in [-0.4, -0.2) is 48.3 Å². The van der Waals surface area contributed by atoms with Gasteiger partial charge in [0.15, 0.2) is 0 Å². The second kappa shape index (κ2) is 6.76. The summed E-state index contributed by atoms with van der Waals surface area (Å²) in [5.74, 6) is 0. The van der Waals surface area contributed by atoms with Crippen molar-refractivity contribution < 1.29 is 5.11 Å². The molecule has 1 atom stereocenters. The molecular weight excluding hydrogens is 248 g/mol. The van der Waals surface area contributed by atoms with Gasteiger partial charge < -0.3 is 10.4 Å². The summed E-state index contributed by atoms with van der Waals surface area (Å²) in [7, 11) is 0. The predicted molar refractivity (Wildman–Crippen MR) is 82.8 cm³/mol. The monoisotopic (exact) mass is 280 g/mol. The predicted octanol–water partition coefficient (Wildman–Crippen LogP) is 2.54. The van der Waals surface area contributed by atoms with Crippen molar-refractivity contribution in [3.63, 3.8) is 0 Å². The van der Waals surface area contributed by atoms with E-state index in [0.717, 1.165) is 24.5 Å². The molecule has 1 saturated heterocycles. The zero-order valence-corrected chi connectivity index (χ0v) is 12.9. The molecule has 2 aliphatic carbocycles. The molecular formula is C17H32N2O. The second-order valence-corrected chi connectivity index (χ2v) is 7.45. The van der Waals surface area contributed by atoms with Crippen LogP contribution in [0.3, 0.4) is 0 Å². The van der Waals surface area contributed by atoms with Gasteiger partial charge in [0.05, 0.1) is 6.61 Å². The van der Waals surface area contributed by atoms with Crippen molar-refractivity contribution in [3.8, 4) is 0 Å². The van der Waals surface area contributed by atoms with Gasteiger partial charge in [-0.05, 0) is 63.3 Å². The largest absolute Gasteiger partial charge is 0.395 e. The number of nitrogens with one attached hydrogen (secondary N) is 1. The van der Waals surface area contributed by atoms with Gasteiger partial charge in [-0.1, -0.05) is 12.8 Å². The van der Waals surface area contributed by atoms with Crippen molar-refractivity contribution in [2.24, 2.45) is 5.41 Å². The number of rotatable bonds is 5. The topological polar surface area (TPSA) is 35.5 Å². The summed E-state index contributed by atoms with van der Waals surface area (Å²) in [5, 5.41) is 13.0. The highest BCUT2D eigenvalue weighted by atomic mass is 16.3. The van der Waals surface area contributed by atoms with E-state index in [0.29, 0.717) is 12.6 Å². The lowest BCUT2D eigenvalue weighted by molar-refractivity contribution is 0.0717. The number of hydrogen-bond donors (Lipinski definition) is 2. The Labute approximate surface area is 124 Å². The van der Waals surface area contributed by atoms with Crippen LogP contribution in [0.25, 0.3) is 0 Å². The van der Waals surface area contributed by atoms with Gasteiger partial charge in [-0.2, -0.15) is 0 Å². The van der Waals surface area contributed by atoms with E-state index in [9.17, 15) is 5.11 Å². The minimum absolute atomic E-state index is 0.314. The Balaban J connectivity index is 1.52. The zero-order valence-electron chi connectivity index (χ0n) is 12.9. The molecule has 3 nitrogen and oxygen atoms in total. The SMILES string of the molecule is OCCN(CC1CCCN1)C1CCC2(CCCC2)CC1. The molecule has 20 heavy (non-hydrogen) atoms. The first kappa shape index (κ1) is 14.8. The highest BCUT2D eigenvalue weighted by Crippen LogP contribution is 2.49. The Kier molecular flexibility index (Phi) is 5.00. The molecule has 3 rings (SSSR count). The van der Waals surface area contributed by atoms with E-state index >= 15 is 0 Å². The third-order valence-corrected chi connectivity index (χ3v) is 6.20. The lowest BCUT2D eigenvalue weighted by Crippen LogP contribution is -2.47. The molecule has 3 aliphatic rings. The van der Waals surface area contributed by atoms with Crippen molar-refractivity contribution in [2.75, 3.05) is 26.2 Å². The maximum absolute atomic E-state index is 9.38. The minimum atomic E-state index is 0.314. The molecule has 1 unspecified atom stereocenters. The van der Waals surface area contributed by atoms with E-state index < -0.39 is 0 Å². The van der Waals surface area contributed by atoms with Crippen LogP contribution in [0.4, 0.5) is 0 Å². The second-order valence-electron chi connectivity index (χ2n) is 7.45. The van der Waals surface area contributed by atoms with Gasteiger partial charge in [0.1, 0.15) is 0 Å². The molecule has 1 spiro atoms. The van der Waals surface area contributed by atoms with E-state index in [-0.39, 0.29) is 0 Å². The standard InChI is InChI=1S/C17H32N2O/c20-13-12-19(14-15-4-3-11-18-15)16-5-9-17(10-6-16)7-1-2-8-17/h15-16,18,20H,1-14H2. The number of aliphatic hydroxyl groups excluding tert-OH is 1. The van der Waals surface area contributed by atoms with E-state index in [2.05, 4.69) is 10.2 Å². The molecule has 0 bridgehead atoms. The third kappa shape index (κ3) is 3.37. The molecule has 3 heteroatoms. The maximum atomic E-state index is 9.38. The van der Waals surface area contributed by atoms with Crippen LogP contribution in [0.15, 0.2) is 0 Å². The van der Waals surface area contributed by atoms with Gasteiger partial charge in [-0.25, -0.2) is 0 Å². The van der Waals surface area contributed by atoms with Gasteiger partial charge >= 0.3 is 0 Å². The summed E-state index contributed by atoms with van der Waals surface area (Å²) in [6, 6.07) is 1.40. The number of nitrogens with zero attached hydrogens (tertiary/aromatic N) is 1. The molecule has 2 saturated carbocycles. The maximum Gasteiger partial charge on any atom is 0.0558 e. The van der Waals surface area contributed by atoms with Gasteiger partial charge in [0.2, 0.25) is 0 Å². The Morgan fingerprint density at radius 2 is 1.75 bits per heavy atom. The molecule has 2 N–H and O–H groups in total. The van der Waals surface area contributed by atoms with Crippen LogP contribution in [0.5, 0.6) is 0 Å². The van der Waals surface area contributed by atoms with E-state index in [1.165, 1.54) is 70.8 Å². The van der Waals surface area contributed by atoms with Crippen molar-refractivity contribution in [1.82, 2.24) is 10.2 Å². The molecule has 0 aromatic carbocycles. The Morgan fingerprint density at radius 3 is 2.35 bits per heavy atom. The van der Waals surface area contributed by atoms with Gasteiger partial charge in [-0.3, -0.25) is 4.90 Å². The van der Waals surface area contributed by atoms with E-state index in [1.54, 1.807) is 0 Å². The Hall–Kier alpha value is -0.120. The van der Waals surface area contributed by atoms with E-state index in [4.69, 9.17) is 0 Å². The third-order valence-electron chi connectivity index (χ3n) is 6.20. The first-order valence-electron chi connectivity index (χ1n) is 8.90. The summed E-state index contributed by atoms with van der Waals surface area (Å²) >= 11 is 0. The van der Waals surface area contributed by atoms with Gasteiger partial charge in [-0.15, -0.1) is 0 Å². The molecule has 116 valence electrons. The quantitative estimate of drug-likeness (QED) is 0.812. The fourth-order valence-corrected chi connectivity index (χ4v) is 4.95. The first-order chi connectivity index (χ1) is 9.81. The summed E-state index contributed by atoms with van der Waals surface area (Å²) in [4.78, 5) is 2.59. The molecule has 0 aromatic rings. The summed E-state index contributed by atoms with van der Waals surface area (Å²) in [5.41, 5.74) is 0.729. The minimum Gasteiger partial charge on any atom is -0.395 e. The highest BCUT2D eigenvalue weighted by Gasteiger charge is 2.39. The van der Waals surface area contributed by atoms with Crippen LogP contribution in [0.2, 0.25) is 0 Å². The summed E-state index contributed by atoms with van der Waals surface area (Å²) < 4.78 is 0. The molecule has 0 radical (unpaired) electrons. The molecule has 0 amide bonds. The van der Waals surface area contributed by atoms with Crippen LogP contribution in [-0.2, 0) is 0 Å². The highest BCUT2D eigenvalue weighted by molar-refractivity contribution is 4.93. The first-order valence-corrected chi connectivity index (χ1v) is 8.90. The molecule has 1 heterocycles. The smallest absolute Gasteiger partial charge is 0.0558 e. The van der Waals surface area contributed by atoms with Crippen molar-refractivity contribution in [2.45, 2.75) is 76.3 Å². The van der Waals surface area contributed by atoms with Crippen LogP contribution in [0.1, 0.15) is 64.2 Å². The average molecular weight is 280 g/mol. The lowest BCUT2D eigenvalue weighted by Gasteiger charge is -2.42. The van der Waals surface area contributed by atoms with Crippen LogP contribution >= 0.6 is 0 Å². The summed E-state index contributed by atoms with van der Waals surface area (Å²) in [6.07, 6.45) is 14.2. The summed E-state index contributed by atoms with van der Waals surface area (Å²) in [6.45, 7) is 3.52. The van der Waals surface area contributed by atoms with Crippen molar-refractivity contribution in [3.05, 3.63) is 0 Å². The van der Waals surface area contributed by atoms with Gasteiger partial charge in [0.25, 0.3) is 0 Å². The Bertz CT molecular complexity index is 285. The normalized spacial score (nSPS) is 30.6. The van der Waals surface area contributed by atoms with Crippen LogP contribution in [0, 0.1) is 5.41 Å². The fourth-order valence-electron chi connectivity index (χ4n) is 4.95. The fraction of sp³-hybridized carbons (Fsp3) is 1.00. The molecule has 0 aromatic heterocycles. The lowest BCUT2D eigenvalue weighted by atomic mass is 9.71. The van der Waals surface area contributed by atoms with Gasteiger partial charge in [0, 0.05) is 25.2 Å². The molecule has 3 fully saturated rings. The molecule has 1 aliphatic heterocycles. The van der Waals surface area contributed by atoms with Crippen molar-refractivity contribution >= 4 is 0 Å². The zero-order chi connectivity index (χ0) is 13.8. The van der Waals surface area contributed by atoms with E-state index in [1.807, 2.05) is 0 Å². The number of aliphatic hydroxyl groups is 1. The van der Waals surface area contributed by atoms with Crippen molar-refractivity contribution in [1.29, 1.82) is 0 Å². The number of hydrogen-bond acceptors (Lipinski definition) is 3. The van der Waals surface area contributed by atoms with Crippen LogP contribution < -0.4 is 5.32 Å². The Morgan fingerprint density at radius 1 is 1.00 bits per heavy atom. The average Bonchev–Trinajstić information content (AvgIpc) is 3.12.